The van der Waals surface area contributed by atoms with Gasteiger partial charge in [0.25, 0.3) is 5.91 Å². The maximum atomic E-state index is 11.8. The molecule has 0 fully saturated rings. The standard InChI is InChI=1S/C17H15N5O4S/c1-8-9(2)20-21-17(14(8)15(18)23)27-6-13-19-16(22-26-13)10-3-4-11-12(5-10)25-7-24-11/h3-5H,6-7H2,1-2H3,(H2,18,23). The van der Waals surface area contributed by atoms with E-state index in [0.717, 1.165) is 5.56 Å². The minimum absolute atomic E-state index is 0.201. The molecule has 3 heterocycles. The Bertz CT molecular complexity index is 1040. The van der Waals surface area contributed by atoms with Crippen molar-refractivity contribution < 1.29 is 18.8 Å². The second-order valence-corrected chi connectivity index (χ2v) is 6.79. The van der Waals surface area contributed by atoms with Crippen molar-refractivity contribution in [2.24, 2.45) is 5.73 Å². The average Bonchev–Trinajstić information content (AvgIpc) is 3.30. The van der Waals surface area contributed by atoms with Crippen LogP contribution in [-0.2, 0) is 5.75 Å². The van der Waals surface area contributed by atoms with Crippen LogP contribution in [0.4, 0.5) is 0 Å². The number of thioether (sulfide) groups is 1. The number of benzene rings is 1. The number of aryl methyl sites for hydroxylation is 1. The average molecular weight is 385 g/mol. The highest BCUT2D eigenvalue weighted by atomic mass is 32.2. The summed E-state index contributed by atoms with van der Waals surface area (Å²) < 4.78 is 15.9. The topological polar surface area (TPSA) is 126 Å². The molecule has 1 aliphatic rings. The Hall–Kier alpha value is -3.14. The van der Waals surface area contributed by atoms with Crippen molar-refractivity contribution in [1.29, 1.82) is 0 Å². The van der Waals surface area contributed by atoms with E-state index in [-0.39, 0.29) is 6.79 Å². The molecule has 0 bridgehead atoms. The predicted octanol–water partition coefficient (Wildman–Crippen LogP) is 2.26. The quantitative estimate of drug-likeness (QED) is 0.658. The van der Waals surface area contributed by atoms with Crippen LogP contribution in [0.2, 0.25) is 0 Å². The van der Waals surface area contributed by atoms with E-state index in [2.05, 4.69) is 20.3 Å². The van der Waals surface area contributed by atoms with Gasteiger partial charge in [0.2, 0.25) is 18.5 Å². The molecule has 0 spiro atoms. The normalized spacial score (nSPS) is 12.4. The van der Waals surface area contributed by atoms with Gasteiger partial charge in [-0.2, -0.15) is 10.1 Å². The van der Waals surface area contributed by atoms with E-state index in [1.807, 2.05) is 6.07 Å². The van der Waals surface area contributed by atoms with Crippen LogP contribution in [0.3, 0.4) is 0 Å². The highest BCUT2D eigenvalue weighted by Crippen LogP contribution is 2.35. The van der Waals surface area contributed by atoms with Crippen molar-refractivity contribution in [3.05, 3.63) is 40.9 Å². The highest BCUT2D eigenvalue weighted by Gasteiger charge is 2.19. The minimum atomic E-state index is -0.542. The third-order valence-electron chi connectivity index (χ3n) is 4.10. The van der Waals surface area contributed by atoms with Crippen LogP contribution in [-0.4, -0.2) is 33.0 Å². The lowest BCUT2D eigenvalue weighted by atomic mass is 10.1. The monoisotopic (exact) mass is 385 g/mol. The molecule has 2 N–H and O–H groups in total. The molecule has 1 aliphatic heterocycles. The molecule has 0 saturated carbocycles. The summed E-state index contributed by atoms with van der Waals surface area (Å²) in [5, 5.41) is 12.5. The Morgan fingerprint density at radius 2 is 2.04 bits per heavy atom. The number of fused-ring (bicyclic) bond motifs is 1. The van der Waals surface area contributed by atoms with Gasteiger partial charge in [-0.05, 0) is 37.6 Å². The molecule has 1 aromatic carbocycles. The lowest BCUT2D eigenvalue weighted by molar-refractivity contribution is 0.0995. The van der Waals surface area contributed by atoms with E-state index < -0.39 is 5.91 Å². The lowest BCUT2D eigenvalue weighted by Crippen LogP contribution is -2.16. The maximum Gasteiger partial charge on any atom is 0.251 e. The Labute approximate surface area is 158 Å². The van der Waals surface area contributed by atoms with Gasteiger partial charge in [0, 0.05) is 5.56 Å². The van der Waals surface area contributed by atoms with Gasteiger partial charge in [-0.25, -0.2) is 0 Å². The number of hydrogen-bond donors (Lipinski definition) is 1. The number of nitrogens with zero attached hydrogens (tertiary/aromatic N) is 4. The minimum Gasteiger partial charge on any atom is -0.454 e. The summed E-state index contributed by atoms with van der Waals surface area (Å²) >= 11 is 1.26. The molecule has 4 rings (SSSR count). The summed E-state index contributed by atoms with van der Waals surface area (Å²) in [5.74, 6) is 1.94. The van der Waals surface area contributed by atoms with Gasteiger partial charge in [-0.3, -0.25) is 4.79 Å². The van der Waals surface area contributed by atoms with Gasteiger partial charge in [0.1, 0.15) is 5.03 Å². The van der Waals surface area contributed by atoms with E-state index in [4.69, 9.17) is 19.7 Å². The molecule has 0 radical (unpaired) electrons. The summed E-state index contributed by atoms with van der Waals surface area (Å²) in [4.78, 5) is 16.1. The molecule has 0 aliphatic carbocycles. The number of ether oxygens (including phenoxy) is 2. The van der Waals surface area contributed by atoms with Gasteiger partial charge >= 0.3 is 0 Å². The molecule has 10 heteroatoms. The van der Waals surface area contributed by atoms with Crippen LogP contribution in [0.5, 0.6) is 11.5 Å². The van der Waals surface area contributed by atoms with E-state index >= 15 is 0 Å². The summed E-state index contributed by atoms with van der Waals surface area (Å²) in [6.45, 7) is 3.77. The van der Waals surface area contributed by atoms with Crippen LogP contribution in [0, 0.1) is 13.8 Å². The fraction of sp³-hybridized carbons (Fsp3) is 0.235. The number of carbonyl (C=O) groups excluding carboxylic acids is 1. The van der Waals surface area contributed by atoms with Crippen LogP contribution in [0.1, 0.15) is 27.5 Å². The lowest BCUT2D eigenvalue weighted by Gasteiger charge is -2.08. The molecular formula is C17H15N5O4S. The van der Waals surface area contributed by atoms with Crippen LogP contribution in [0.15, 0.2) is 27.7 Å². The smallest absolute Gasteiger partial charge is 0.251 e. The number of rotatable bonds is 5. The molecule has 0 saturated heterocycles. The maximum absolute atomic E-state index is 11.8. The largest absolute Gasteiger partial charge is 0.454 e. The van der Waals surface area contributed by atoms with E-state index in [1.54, 1.807) is 26.0 Å². The van der Waals surface area contributed by atoms with Crippen molar-refractivity contribution in [3.63, 3.8) is 0 Å². The van der Waals surface area contributed by atoms with Crippen LogP contribution < -0.4 is 15.2 Å². The van der Waals surface area contributed by atoms with Crippen LogP contribution in [0.25, 0.3) is 11.4 Å². The first-order chi connectivity index (χ1) is 13.0. The van der Waals surface area contributed by atoms with Gasteiger partial charge in [0.05, 0.1) is 17.0 Å². The number of aromatic nitrogens is 4. The van der Waals surface area contributed by atoms with Crippen molar-refractivity contribution in [3.8, 4) is 22.9 Å². The van der Waals surface area contributed by atoms with Gasteiger partial charge < -0.3 is 19.7 Å². The zero-order valence-corrected chi connectivity index (χ0v) is 15.4. The van der Waals surface area contributed by atoms with Crippen molar-refractivity contribution >= 4 is 17.7 Å². The van der Waals surface area contributed by atoms with E-state index in [0.29, 0.717) is 50.8 Å². The third kappa shape index (κ3) is 3.31. The van der Waals surface area contributed by atoms with Crippen molar-refractivity contribution in [2.75, 3.05) is 6.79 Å². The first kappa shape index (κ1) is 17.3. The number of amides is 1. The molecule has 9 nitrogen and oxygen atoms in total. The zero-order valence-electron chi connectivity index (χ0n) is 14.6. The molecule has 0 unspecified atom stereocenters. The van der Waals surface area contributed by atoms with Crippen molar-refractivity contribution in [1.82, 2.24) is 20.3 Å². The summed E-state index contributed by atoms with van der Waals surface area (Å²) in [7, 11) is 0. The number of hydrogen-bond acceptors (Lipinski definition) is 9. The summed E-state index contributed by atoms with van der Waals surface area (Å²) in [6.07, 6.45) is 0. The highest BCUT2D eigenvalue weighted by molar-refractivity contribution is 7.98. The Morgan fingerprint density at radius 1 is 1.22 bits per heavy atom. The number of primary amides is 1. The van der Waals surface area contributed by atoms with Crippen LogP contribution >= 0.6 is 11.8 Å². The van der Waals surface area contributed by atoms with Gasteiger partial charge in [-0.1, -0.05) is 16.9 Å². The van der Waals surface area contributed by atoms with Gasteiger partial charge in [0.15, 0.2) is 11.5 Å². The molecule has 3 aromatic rings. The SMILES string of the molecule is Cc1nnc(SCc2nc(-c3ccc4c(c3)OCO4)no2)c(C(N)=O)c1C. The predicted molar refractivity (Wildman–Crippen MR) is 95.4 cm³/mol. The molecule has 1 amide bonds. The molecular weight excluding hydrogens is 370 g/mol. The number of nitrogens with two attached hydrogens (primary N) is 1. The Morgan fingerprint density at radius 3 is 2.85 bits per heavy atom. The van der Waals surface area contributed by atoms with E-state index in [1.165, 1.54) is 11.8 Å². The number of carbonyl (C=O) groups is 1. The summed E-state index contributed by atoms with van der Waals surface area (Å²) in [6, 6.07) is 5.42. The fourth-order valence-electron chi connectivity index (χ4n) is 2.57. The molecule has 2 aromatic heterocycles. The molecule has 27 heavy (non-hydrogen) atoms. The summed E-state index contributed by atoms with van der Waals surface area (Å²) in [5.41, 5.74) is 7.98. The first-order valence-electron chi connectivity index (χ1n) is 8.02. The second kappa shape index (κ2) is 6.88. The fourth-order valence-corrected chi connectivity index (χ4v) is 3.45. The molecule has 138 valence electrons. The Kier molecular flexibility index (Phi) is 4.40. The molecule has 0 atom stereocenters. The third-order valence-corrected chi connectivity index (χ3v) is 5.05. The zero-order chi connectivity index (χ0) is 19.0. The van der Waals surface area contributed by atoms with Crippen molar-refractivity contribution in [2.45, 2.75) is 24.6 Å². The first-order valence-corrected chi connectivity index (χ1v) is 9.00. The van der Waals surface area contributed by atoms with E-state index in [9.17, 15) is 4.79 Å². The Balaban J connectivity index is 1.53. The second-order valence-electron chi connectivity index (χ2n) is 5.82. The van der Waals surface area contributed by atoms with Gasteiger partial charge in [-0.15, -0.1) is 5.10 Å².